The molecule has 1 aliphatic heterocycles. The number of morpholine rings is 1. The number of aliphatic imine (C=N–C) groups is 1. The first-order chi connectivity index (χ1) is 13.0. The minimum absolute atomic E-state index is 0. The van der Waals surface area contributed by atoms with Crippen LogP contribution in [0.5, 0.6) is 0 Å². The summed E-state index contributed by atoms with van der Waals surface area (Å²) in [6, 6.07) is 7.55. The zero-order valence-electron chi connectivity index (χ0n) is 17.4. The minimum Gasteiger partial charge on any atom is -0.379 e. The second-order valence-corrected chi connectivity index (χ2v) is 7.24. The van der Waals surface area contributed by atoms with Crippen molar-refractivity contribution in [2.75, 3.05) is 46.4 Å². The summed E-state index contributed by atoms with van der Waals surface area (Å²) in [7, 11) is 1.64. The van der Waals surface area contributed by atoms with Crippen molar-refractivity contribution in [3.63, 3.8) is 0 Å². The molecule has 2 rings (SSSR count). The number of hydrogen-bond donors (Lipinski definition) is 3. The Kier molecular flexibility index (Phi) is 10.8. The highest BCUT2D eigenvalue weighted by Gasteiger charge is 2.28. The van der Waals surface area contributed by atoms with E-state index < -0.39 is 0 Å². The van der Waals surface area contributed by atoms with Crippen molar-refractivity contribution in [1.29, 1.82) is 0 Å². The van der Waals surface area contributed by atoms with E-state index >= 15 is 0 Å². The van der Waals surface area contributed by atoms with Crippen LogP contribution in [0.1, 0.15) is 36.7 Å². The Morgan fingerprint density at radius 3 is 2.61 bits per heavy atom. The van der Waals surface area contributed by atoms with Gasteiger partial charge in [-0.15, -0.1) is 24.0 Å². The zero-order chi connectivity index (χ0) is 19.7. The van der Waals surface area contributed by atoms with Crippen molar-refractivity contribution in [3.8, 4) is 0 Å². The van der Waals surface area contributed by atoms with E-state index in [1.165, 1.54) is 0 Å². The molecule has 1 saturated heterocycles. The molecule has 1 amide bonds. The quantitative estimate of drug-likeness (QED) is 0.301. The lowest BCUT2D eigenvalue weighted by molar-refractivity contribution is -0.00834. The van der Waals surface area contributed by atoms with E-state index in [0.29, 0.717) is 12.1 Å². The Balaban J connectivity index is 0.00000392. The van der Waals surface area contributed by atoms with Gasteiger partial charge in [0, 0.05) is 44.3 Å². The first-order valence-electron chi connectivity index (χ1n) is 9.62. The molecule has 8 heteroatoms. The number of carbonyl (C=O) groups is 1. The fourth-order valence-electron chi connectivity index (χ4n) is 3.05. The van der Waals surface area contributed by atoms with Gasteiger partial charge in [-0.3, -0.25) is 9.69 Å². The van der Waals surface area contributed by atoms with Gasteiger partial charge in [-0.2, -0.15) is 0 Å². The molecule has 1 aliphatic rings. The molecule has 1 aromatic carbocycles. The van der Waals surface area contributed by atoms with Crippen molar-refractivity contribution in [2.45, 2.75) is 32.9 Å². The second-order valence-electron chi connectivity index (χ2n) is 7.24. The smallest absolute Gasteiger partial charge is 0.251 e. The number of rotatable bonds is 7. The van der Waals surface area contributed by atoms with E-state index in [4.69, 9.17) is 4.74 Å². The third-order valence-corrected chi connectivity index (χ3v) is 4.74. The fraction of sp³-hybridized carbons (Fsp3) is 0.600. The van der Waals surface area contributed by atoms with Crippen molar-refractivity contribution in [3.05, 3.63) is 35.4 Å². The summed E-state index contributed by atoms with van der Waals surface area (Å²) >= 11 is 0. The number of hydrogen-bond acceptors (Lipinski definition) is 4. The molecule has 0 saturated carbocycles. The van der Waals surface area contributed by atoms with Crippen molar-refractivity contribution >= 4 is 35.8 Å². The number of nitrogens with zero attached hydrogens (tertiary/aromatic N) is 2. The Hall–Kier alpha value is -1.39. The van der Waals surface area contributed by atoms with E-state index in [-0.39, 0.29) is 35.4 Å². The maximum atomic E-state index is 11.8. The van der Waals surface area contributed by atoms with Gasteiger partial charge in [0.05, 0.1) is 19.8 Å². The van der Waals surface area contributed by atoms with Gasteiger partial charge < -0.3 is 20.7 Å². The molecule has 0 radical (unpaired) electrons. The fourth-order valence-corrected chi connectivity index (χ4v) is 3.05. The number of benzene rings is 1. The van der Waals surface area contributed by atoms with Gasteiger partial charge in [-0.05, 0) is 38.5 Å². The topological polar surface area (TPSA) is 78.0 Å². The van der Waals surface area contributed by atoms with Crippen LogP contribution in [0.3, 0.4) is 0 Å². The van der Waals surface area contributed by atoms with Crippen molar-refractivity contribution in [2.24, 2.45) is 4.99 Å². The predicted molar refractivity (Wildman–Crippen MR) is 125 cm³/mol. The minimum atomic E-state index is -0.0851. The van der Waals surface area contributed by atoms with Crippen molar-refractivity contribution in [1.82, 2.24) is 20.9 Å². The monoisotopic (exact) mass is 503 g/mol. The molecule has 1 fully saturated rings. The lowest BCUT2D eigenvalue weighted by Crippen LogP contribution is -2.56. The Labute approximate surface area is 185 Å². The summed E-state index contributed by atoms with van der Waals surface area (Å²) in [6.07, 6.45) is 0. The number of nitrogens with one attached hydrogen (secondary N) is 3. The maximum Gasteiger partial charge on any atom is 0.251 e. The van der Waals surface area contributed by atoms with E-state index in [1.807, 2.05) is 18.2 Å². The van der Waals surface area contributed by atoms with Gasteiger partial charge in [-0.25, -0.2) is 4.99 Å². The number of carbonyl (C=O) groups excluding carboxylic acids is 1. The van der Waals surface area contributed by atoms with Gasteiger partial charge in [-0.1, -0.05) is 12.1 Å². The number of halogens is 1. The van der Waals surface area contributed by atoms with Crippen LogP contribution in [0, 0.1) is 0 Å². The normalized spacial score (nSPS) is 15.5. The summed E-state index contributed by atoms with van der Waals surface area (Å²) in [5.74, 6) is 0.697. The average molecular weight is 503 g/mol. The van der Waals surface area contributed by atoms with Gasteiger partial charge in [0.25, 0.3) is 5.91 Å². The van der Waals surface area contributed by atoms with E-state index in [1.54, 1.807) is 13.1 Å². The Bertz CT molecular complexity index is 645. The SMILES string of the molecule is CCNC(=NCc1cccc(C(=O)NC)c1)NCC(C)(C)N1CCOCC1.I. The molecule has 0 atom stereocenters. The second kappa shape index (κ2) is 12.2. The predicted octanol–water partition coefficient (Wildman–Crippen LogP) is 1.83. The first kappa shape index (κ1) is 24.6. The van der Waals surface area contributed by atoms with Gasteiger partial charge >= 0.3 is 0 Å². The molecule has 0 spiro atoms. The summed E-state index contributed by atoms with van der Waals surface area (Å²) in [4.78, 5) is 18.9. The molecule has 1 aromatic rings. The van der Waals surface area contributed by atoms with Gasteiger partial charge in [0.15, 0.2) is 5.96 Å². The third-order valence-electron chi connectivity index (χ3n) is 4.74. The van der Waals surface area contributed by atoms with Crippen LogP contribution in [0.2, 0.25) is 0 Å². The van der Waals surface area contributed by atoms with Crippen LogP contribution in [0.4, 0.5) is 0 Å². The van der Waals surface area contributed by atoms with Crippen LogP contribution in [-0.2, 0) is 11.3 Å². The highest BCUT2D eigenvalue weighted by Crippen LogP contribution is 2.15. The molecule has 7 nitrogen and oxygen atoms in total. The Morgan fingerprint density at radius 2 is 1.96 bits per heavy atom. The highest BCUT2D eigenvalue weighted by molar-refractivity contribution is 14.0. The molecule has 28 heavy (non-hydrogen) atoms. The van der Waals surface area contributed by atoms with Gasteiger partial charge in [0.1, 0.15) is 0 Å². The Morgan fingerprint density at radius 1 is 1.25 bits per heavy atom. The van der Waals surface area contributed by atoms with E-state index in [0.717, 1.165) is 50.9 Å². The van der Waals surface area contributed by atoms with Crippen LogP contribution in [0.15, 0.2) is 29.3 Å². The number of amides is 1. The lowest BCUT2D eigenvalue weighted by atomic mass is 10.0. The van der Waals surface area contributed by atoms with Crippen LogP contribution < -0.4 is 16.0 Å². The number of guanidine groups is 1. The molecular weight excluding hydrogens is 469 g/mol. The summed E-state index contributed by atoms with van der Waals surface area (Å²) < 4.78 is 5.45. The van der Waals surface area contributed by atoms with E-state index in [9.17, 15) is 4.79 Å². The zero-order valence-corrected chi connectivity index (χ0v) is 19.7. The molecule has 0 unspecified atom stereocenters. The maximum absolute atomic E-state index is 11.8. The van der Waals surface area contributed by atoms with Crippen LogP contribution >= 0.6 is 24.0 Å². The molecular formula is C20H34IN5O2. The molecule has 0 aliphatic carbocycles. The molecule has 0 aromatic heterocycles. The highest BCUT2D eigenvalue weighted by atomic mass is 127. The molecule has 158 valence electrons. The van der Waals surface area contributed by atoms with Gasteiger partial charge in [0.2, 0.25) is 0 Å². The first-order valence-corrected chi connectivity index (χ1v) is 9.62. The van der Waals surface area contributed by atoms with Crippen LogP contribution in [0.25, 0.3) is 0 Å². The summed E-state index contributed by atoms with van der Waals surface area (Å²) in [5, 5.41) is 9.40. The van der Waals surface area contributed by atoms with Crippen LogP contribution in [-0.4, -0.2) is 68.7 Å². The lowest BCUT2D eigenvalue weighted by Gasteiger charge is -2.41. The summed E-state index contributed by atoms with van der Waals surface area (Å²) in [5.41, 5.74) is 1.66. The van der Waals surface area contributed by atoms with Crippen molar-refractivity contribution < 1.29 is 9.53 Å². The third kappa shape index (κ3) is 7.56. The van der Waals surface area contributed by atoms with E-state index in [2.05, 4.69) is 46.6 Å². The average Bonchev–Trinajstić information content (AvgIpc) is 2.70. The largest absolute Gasteiger partial charge is 0.379 e. The standard InChI is InChI=1S/C20H33N5O2.HI/c1-5-22-19(24-15-20(2,3)25-9-11-27-12-10-25)23-14-16-7-6-8-17(13-16)18(26)21-4;/h6-8,13H,5,9-12,14-15H2,1-4H3,(H,21,26)(H2,22,23,24);1H. The molecule has 1 heterocycles. The molecule has 3 N–H and O–H groups in total. The number of ether oxygens (including phenoxy) is 1. The molecule has 0 bridgehead atoms. The summed E-state index contributed by atoms with van der Waals surface area (Å²) in [6.45, 7) is 12.1.